The Labute approximate surface area is 134 Å². The standard InChI is InChI=1S/C18H21F3O2/c19-18(20,21)12-11-14-3-8-16(9-4-14)15-6-1-13(2-7-15)5-10-17(22)23/h1-2,5-7,10,14,16H,3-4,8-9,11-12H2,(H,22,23)/b10-5+. The molecule has 0 radical (unpaired) electrons. The number of alkyl halides is 3. The van der Waals surface area contributed by atoms with Crippen LogP contribution >= 0.6 is 0 Å². The van der Waals surface area contributed by atoms with Crippen LogP contribution in [0.15, 0.2) is 30.3 Å². The molecule has 0 atom stereocenters. The lowest BCUT2D eigenvalue weighted by atomic mass is 9.77. The molecule has 1 aromatic carbocycles. The molecule has 0 amide bonds. The smallest absolute Gasteiger partial charge is 0.389 e. The van der Waals surface area contributed by atoms with E-state index in [2.05, 4.69) is 0 Å². The largest absolute Gasteiger partial charge is 0.478 e. The summed E-state index contributed by atoms with van der Waals surface area (Å²) >= 11 is 0. The molecule has 0 spiro atoms. The minimum Gasteiger partial charge on any atom is -0.478 e. The highest BCUT2D eigenvalue weighted by atomic mass is 19.4. The molecule has 0 unspecified atom stereocenters. The molecule has 1 aliphatic rings. The summed E-state index contributed by atoms with van der Waals surface area (Å²) in [6.07, 6.45) is 1.71. The number of aliphatic carboxylic acids is 1. The number of rotatable bonds is 5. The monoisotopic (exact) mass is 326 g/mol. The Balaban J connectivity index is 1.84. The van der Waals surface area contributed by atoms with Crippen LogP contribution in [-0.4, -0.2) is 17.3 Å². The van der Waals surface area contributed by atoms with Crippen LogP contribution in [0, 0.1) is 5.92 Å². The third-order valence-corrected chi connectivity index (χ3v) is 4.51. The SMILES string of the molecule is O=C(O)/C=C/c1ccc(C2CCC(CCC(F)(F)F)CC2)cc1. The van der Waals surface area contributed by atoms with Crippen molar-refractivity contribution >= 4 is 12.0 Å². The maximum absolute atomic E-state index is 12.3. The molecule has 5 heteroatoms. The van der Waals surface area contributed by atoms with Crippen molar-refractivity contribution in [2.24, 2.45) is 5.92 Å². The Morgan fingerprint density at radius 3 is 2.26 bits per heavy atom. The van der Waals surface area contributed by atoms with Crippen molar-refractivity contribution in [2.75, 3.05) is 0 Å². The molecule has 1 fully saturated rings. The van der Waals surface area contributed by atoms with Crippen molar-refractivity contribution in [2.45, 2.75) is 50.6 Å². The summed E-state index contributed by atoms with van der Waals surface area (Å²) in [6.45, 7) is 0. The van der Waals surface area contributed by atoms with Crippen molar-refractivity contribution in [1.29, 1.82) is 0 Å². The molecule has 1 saturated carbocycles. The maximum atomic E-state index is 12.3. The van der Waals surface area contributed by atoms with Gasteiger partial charge in [0.05, 0.1) is 0 Å². The van der Waals surface area contributed by atoms with Gasteiger partial charge in [-0.15, -0.1) is 0 Å². The van der Waals surface area contributed by atoms with E-state index >= 15 is 0 Å². The highest BCUT2D eigenvalue weighted by molar-refractivity contribution is 5.85. The molecule has 1 N–H and O–H groups in total. The molecular formula is C18H21F3O2. The van der Waals surface area contributed by atoms with Crippen LogP contribution in [0.2, 0.25) is 0 Å². The summed E-state index contributed by atoms with van der Waals surface area (Å²) in [4.78, 5) is 10.5. The van der Waals surface area contributed by atoms with Crippen LogP contribution in [-0.2, 0) is 4.79 Å². The van der Waals surface area contributed by atoms with E-state index in [1.54, 1.807) is 6.08 Å². The van der Waals surface area contributed by atoms with E-state index in [0.29, 0.717) is 5.92 Å². The van der Waals surface area contributed by atoms with Crippen LogP contribution in [0.25, 0.3) is 6.08 Å². The molecule has 2 nitrogen and oxygen atoms in total. The lowest BCUT2D eigenvalue weighted by molar-refractivity contribution is -0.138. The molecule has 0 aromatic heterocycles. The van der Waals surface area contributed by atoms with Gasteiger partial charge in [0, 0.05) is 12.5 Å². The Morgan fingerprint density at radius 2 is 1.74 bits per heavy atom. The quantitative estimate of drug-likeness (QED) is 0.736. The van der Waals surface area contributed by atoms with Gasteiger partial charge in [-0.3, -0.25) is 0 Å². The average Bonchev–Trinajstić information content (AvgIpc) is 2.51. The predicted molar refractivity (Wildman–Crippen MR) is 83.1 cm³/mol. The Bertz CT molecular complexity index is 538. The fourth-order valence-electron chi connectivity index (χ4n) is 3.20. The zero-order chi connectivity index (χ0) is 16.9. The van der Waals surface area contributed by atoms with Crippen molar-refractivity contribution in [1.82, 2.24) is 0 Å². The van der Waals surface area contributed by atoms with Gasteiger partial charge < -0.3 is 5.11 Å². The molecule has 1 aromatic rings. The lowest BCUT2D eigenvalue weighted by Gasteiger charge is -2.29. The summed E-state index contributed by atoms with van der Waals surface area (Å²) in [7, 11) is 0. The molecule has 0 bridgehead atoms. The third-order valence-electron chi connectivity index (χ3n) is 4.51. The average molecular weight is 326 g/mol. The number of halogens is 3. The number of carbonyl (C=O) groups is 1. The second-order valence-corrected chi connectivity index (χ2v) is 6.21. The Morgan fingerprint density at radius 1 is 1.13 bits per heavy atom. The molecule has 126 valence electrons. The number of hydrogen-bond donors (Lipinski definition) is 1. The van der Waals surface area contributed by atoms with Gasteiger partial charge >= 0.3 is 12.1 Å². The first-order chi connectivity index (χ1) is 10.8. The predicted octanol–water partition coefficient (Wildman–Crippen LogP) is 5.40. The Hall–Kier alpha value is -1.78. The van der Waals surface area contributed by atoms with Gasteiger partial charge in [0.2, 0.25) is 0 Å². The number of benzene rings is 1. The second-order valence-electron chi connectivity index (χ2n) is 6.21. The molecule has 23 heavy (non-hydrogen) atoms. The number of carboxylic acids is 1. The van der Waals surface area contributed by atoms with Crippen molar-refractivity contribution in [3.8, 4) is 0 Å². The van der Waals surface area contributed by atoms with Crippen LogP contribution in [0.4, 0.5) is 13.2 Å². The topological polar surface area (TPSA) is 37.3 Å². The maximum Gasteiger partial charge on any atom is 0.389 e. The van der Waals surface area contributed by atoms with Crippen molar-refractivity contribution < 1.29 is 23.1 Å². The zero-order valence-corrected chi connectivity index (χ0v) is 12.9. The van der Waals surface area contributed by atoms with Gasteiger partial charge in [0.15, 0.2) is 0 Å². The third kappa shape index (κ3) is 6.08. The molecule has 1 aliphatic carbocycles. The van der Waals surface area contributed by atoms with Gasteiger partial charge in [-0.25, -0.2) is 4.79 Å². The molecule has 0 heterocycles. The van der Waals surface area contributed by atoms with Crippen LogP contribution in [0.5, 0.6) is 0 Å². The number of carboxylic acid groups (broad SMARTS) is 1. The van der Waals surface area contributed by atoms with Crippen LogP contribution in [0.1, 0.15) is 55.6 Å². The van der Waals surface area contributed by atoms with Gasteiger partial charge in [-0.2, -0.15) is 13.2 Å². The van der Waals surface area contributed by atoms with E-state index in [9.17, 15) is 18.0 Å². The van der Waals surface area contributed by atoms with E-state index in [4.69, 9.17) is 5.11 Å². The molecule has 2 rings (SSSR count). The summed E-state index contributed by atoms with van der Waals surface area (Å²) in [6, 6.07) is 7.74. The second kappa shape index (κ2) is 7.66. The minimum absolute atomic E-state index is 0.186. The van der Waals surface area contributed by atoms with Gasteiger partial charge in [0.1, 0.15) is 0 Å². The molecular weight excluding hydrogens is 305 g/mol. The fraction of sp³-hybridized carbons (Fsp3) is 0.500. The van der Waals surface area contributed by atoms with E-state index in [-0.39, 0.29) is 12.3 Å². The van der Waals surface area contributed by atoms with Gasteiger partial charge in [-0.1, -0.05) is 24.3 Å². The lowest BCUT2D eigenvalue weighted by Crippen LogP contribution is -2.16. The molecule has 0 saturated heterocycles. The summed E-state index contributed by atoms with van der Waals surface area (Å²) in [5.41, 5.74) is 2.02. The Kier molecular flexibility index (Phi) is 5.85. The first-order valence-corrected chi connectivity index (χ1v) is 7.91. The summed E-state index contributed by atoms with van der Waals surface area (Å²) < 4.78 is 36.8. The summed E-state index contributed by atoms with van der Waals surface area (Å²) in [5.74, 6) is -0.397. The van der Waals surface area contributed by atoms with Crippen molar-refractivity contribution in [3.63, 3.8) is 0 Å². The fourth-order valence-corrected chi connectivity index (χ4v) is 3.20. The molecule has 0 aliphatic heterocycles. The van der Waals surface area contributed by atoms with E-state index in [1.165, 1.54) is 5.56 Å². The van der Waals surface area contributed by atoms with E-state index < -0.39 is 18.6 Å². The minimum atomic E-state index is -4.05. The van der Waals surface area contributed by atoms with E-state index in [1.807, 2.05) is 24.3 Å². The van der Waals surface area contributed by atoms with Crippen LogP contribution < -0.4 is 0 Å². The first kappa shape index (κ1) is 17.6. The first-order valence-electron chi connectivity index (χ1n) is 7.91. The summed E-state index contributed by atoms with van der Waals surface area (Å²) in [5, 5.41) is 8.59. The zero-order valence-electron chi connectivity index (χ0n) is 12.9. The van der Waals surface area contributed by atoms with Crippen LogP contribution in [0.3, 0.4) is 0 Å². The van der Waals surface area contributed by atoms with Crippen molar-refractivity contribution in [3.05, 3.63) is 41.5 Å². The van der Waals surface area contributed by atoms with E-state index in [0.717, 1.165) is 37.3 Å². The number of hydrogen-bond acceptors (Lipinski definition) is 1. The van der Waals surface area contributed by atoms with Gasteiger partial charge in [0.25, 0.3) is 0 Å². The van der Waals surface area contributed by atoms with Gasteiger partial charge in [-0.05, 0) is 61.1 Å². The normalized spacial score (nSPS) is 22.4. The highest BCUT2D eigenvalue weighted by Crippen LogP contribution is 2.39. The highest BCUT2D eigenvalue weighted by Gasteiger charge is 2.30.